The van der Waals surface area contributed by atoms with Crippen LogP contribution in [0.2, 0.25) is 0 Å². The van der Waals surface area contributed by atoms with Gasteiger partial charge in [0.25, 0.3) is 5.91 Å². The molecular formula is C19H17F3N2O4. The highest BCUT2D eigenvalue weighted by Gasteiger charge is 2.32. The lowest BCUT2D eigenvalue weighted by Gasteiger charge is -2.12. The fourth-order valence-electron chi connectivity index (χ4n) is 2.70. The fraction of sp³-hybridized carbons (Fsp3) is 0.263. The molecule has 1 heterocycles. The van der Waals surface area contributed by atoms with Crippen molar-refractivity contribution in [3.05, 3.63) is 53.6 Å². The van der Waals surface area contributed by atoms with Crippen molar-refractivity contribution in [2.24, 2.45) is 5.16 Å². The molecule has 0 aliphatic carbocycles. The summed E-state index contributed by atoms with van der Waals surface area (Å²) in [5.74, 6) is 0.461. The van der Waals surface area contributed by atoms with Gasteiger partial charge in [-0.25, -0.2) is 0 Å². The maximum Gasteiger partial charge on any atom is 0.416 e. The molecule has 148 valence electrons. The van der Waals surface area contributed by atoms with Crippen LogP contribution in [0.3, 0.4) is 0 Å². The third-order valence-corrected chi connectivity index (χ3v) is 4.14. The van der Waals surface area contributed by atoms with Gasteiger partial charge in [0.1, 0.15) is 0 Å². The van der Waals surface area contributed by atoms with Gasteiger partial charge in [-0.15, -0.1) is 0 Å². The van der Waals surface area contributed by atoms with Gasteiger partial charge in [0.15, 0.2) is 11.5 Å². The normalized spacial score (nSPS) is 16.2. The van der Waals surface area contributed by atoms with Crippen LogP contribution in [-0.4, -0.2) is 31.9 Å². The number of ether oxygens (including phenoxy) is 2. The van der Waals surface area contributed by atoms with Gasteiger partial charge in [0, 0.05) is 17.7 Å². The number of oxime groups is 1. The van der Waals surface area contributed by atoms with Crippen molar-refractivity contribution in [2.75, 3.05) is 19.5 Å². The number of carbonyl (C=O) groups is 1. The van der Waals surface area contributed by atoms with Crippen LogP contribution in [0, 0.1) is 0 Å². The smallest absolute Gasteiger partial charge is 0.416 e. The lowest BCUT2D eigenvalue weighted by atomic mass is 10.0. The van der Waals surface area contributed by atoms with E-state index in [0.717, 1.165) is 12.1 Å². The standard InChI is InChI=1S/C19H17F3N2O4/c1-26-15-7-6-11(8-16(15)27-2)14-10-17(28-24-14)18(25)23-13-5-3-4-12(9-13)19(20,21)22/h3-9,17H,10H2,1-2H3,(H,23,25)/t17-/m1/s1. The number of alkyl halides is 3. The van der Waals surface area contributed by atoms with Gasteiger partial charge >= 0.3 is 6.18 Å². The summed E-state index contributed by atoms with van der Waals surface area (Å²) in [6, 6.07) is 9.54. The number of halogens is 3. The maximum atomic E-state index is 12.8. The molecule has 0 radical (unpaired) electrons. The topological polar surface area (TPSA) is 69.2 Å². The summed E-state index contributed by atoms with van der Waals surface area (Å²) in [7, 11) is 3.02. The Labute approximate surface area is 158 Å². The minimum Gasteiger partial charge on any atom is -0.493 e. The summed E-state index contributed by atoms with van der Waals surface area (Å²) in [4.78, 5) is 17.5. The first-order chi connectivity index (χ1) is 13.3. The highest BCUT2D eigenvalue weighted by molar-refractivity contribution is 6.06. The highest BCUT2D eigenvalue weighted by atomic mass is 19.4. The van der Waals surface area contributed by atoms with Crippen LogP contribution in [0.1, 0.15) is 17.5 Å². The highest BCUT2D eigenvalue weighted by Crippen LogP contribution is 2.31. The summed E-state index contributed by atoms with van der Waals surface area (Å²) in [5.41, 5.74) is 0.389. The lowest BCUT2D eigenvalue weighted by Crippen LogP contribution is -2.28. The molecule has 1 amide bonds. The maximum absolute atomic E-state index is 12.8. The van der Waals surface area contributed by atoms with Crippen molar-refractivity contribution in [3.63, 3.8) is 0 Å². The molecule has 0 fully saturated rings. The van der Waals surface area contributed by atoms with Gasteiger partial charge in [-0.2, -0.15) is 13.2 Å². The number of carbonyl (C=O) groups excluding carboxylic acids is 1. The van der Waals surface area contributed by atoms with Crippen LogP contribution in [0.5, 0.6) is 11.5 Å². The molecule has 1 atom stereocenters. The van der Waals surface area contributed by atoms with Crippen LogP contribution in [0.25, 0.3) is 0 Å². The second-order valence-electron chi connectivity index (χ2n) is 5.97. The molecular weight excluding hydrogens is 377 g/mol. The summed E-state index contributed by atoms with van der Waals surface area (Å²) in [5, 5.41) is 6.34. The zero-order valence-corrected chi connectivity index (χ0v) is 15.0. The van der Waals surface area contributed by atoms with Crippen LogP contribution in [0.15, 0.2) is 47.6 Å². The van der Waals surface area contributed by atoms with Crippen molar-refractivity contribution in [3.8, 4) is 11.5 Å². The predicted octanol–water partition coefficient (Wildman–Crippen LogP) is 3.85. The Hall–Kier alpha value is -3.23. The SMILES string of the molecule is COc1ccc(C2=NO[C@@H](C(=O)Nc3cccc(C(F)(F)F)c3)C2)cc1OC. The molecule has 1 aliphatic rings. The van der Waals surface area contributed by atoms with E-state index in [-0.39, 0.29) is 12.1 Å². The molecule has 0 saturated carbocycles. The van der Waals surface area contributed by atoms with Crippen molar-refractivity contribution in [1.29, 1.82) is 0 Å². The minimum absolute atomic E-state index is 0.0305. The minimum atomic E-state index is -4.49. The summed E-state index contributed by atoms with van der Waals surface area (Å²) in [6.45, 7) is 0. The summed E-state index contributed by atoms with van der Waals surface area (Å²) >= 11 is 0. The molecule has 2 aromatic rings. The number of methoxy groups -OCH3 is 2. The average Bonchev–Trinajstić information content (AvgIpc) is 3.17. The predicted molar refractivity (Wildman–Crippen MR) is 95.6 cm³/mol. The summed E-state index contributed by atoms with van der Waals surface area (Å²) < 4.78 is 48.8. The van der Waals surface area contributed by atoms with Gasteiger partial charge in [-0.1, -0.05) is 11.2 Å². The van der Waals surface area contributed by atoms with E-state index in [1.165, 1.54) is 26.4 Å². The number of hydrogen-bond donors (Lipinski definition) is 1. The monoisotopic (exact) mass is 394 g/mol. The second kappa shape index (κ2) is 7.79. The van der Waals surface area contributed by atoms with Crippen molar-refractivity contribution < 1.29 is 32.3 Å². The van der Waals surface area contributed by atoms with Gasteiger partial charge in [-0.05, 0) is 36.4 Å². The van der Waals surface area contributed by atoms with E-state index in [1.807, 2.05) is 0 Å². The van der Waals surface area contributed by atoms with E-state index in [9.17, 15) is 18.0 Å². The van der Waals surface area contributed by atoms with Crippen molar-refractivity contribution in [2.45, 2.75) is 18.7 Å². The largest absolute Gasteiger partial charge is 0.493 e. The van der Waals surface area contributed by atoms with Gasteiger partial charge in [0.05, 0.1) is 25.5 Å². The second-order valence-corrected chi connectivity index (χ2v) is 5.97. The van der Waals surface area contributed by atoms with E-state index in [1.54, 1.807) is 18.2 Å². The van der Waals surface area contributed by atoms with Crippen molar-refractivity contribution in [1.82, 2.24) is 0 Å². The quantitative estimate of drug-likeness (QED) is 0.836. The zero-order valence-electron chi connectivity index (χ0n) is 15.0. The lowest BCUT2D eigenvalue weighted by molar-refractivity contribution is -0.137. The number of benzene rings is 2. The summed E-state index contributed by atoms with van der Waals surface area (Å²) in [6.07, 6.45) is -5.27. The van der Waals surface area contributed by atoms with Gasteiger partial charge in [0.2, 0.25) is 6.10 Å². The molecule has 3 rings (SSSR count). The van der Waals surface area contributed by atoms with E-state index in [4.69, 9.17) is 14.3 Å². The number of amides is 1. The van der Waals surface area contributed by atoms with E-state index >= 15 is 0 Å². The Morgan fingerprint density at radius 2 is 1.89 bits per heavy atom. The molecule has 6 nitrogen and oxygen atoms in total. The molecule has 9 heteroatoms. The fourth-order valence-corrected chi connectivity index (χ4v) is 2.70. The zero-order chi connectivity index (χ0) is 20.3. The van der Waals surface area contributed by atoms with Gasteiger partial charge < -0.3 is 19.6 Å². The third-order valence-electron chi connectivity index (χ3n) is 4.14. The molecule has 1 aliphatic heterocycles. The Balaban J connectivity index is 1.67. The molecule has 0 saturated heterocycles. The first-order valence-corrected chi connectivity index (χ1v) is 8.25. The number of rotatable bonds is 5. The van der Waals surface area contributed by atoms with E-state index < -0.39 is 23.8 Å². The molecule has 1 N–H and O–H groups in total. The van der Waals surface area contributed by atoms with E-state index in [2.05, 4.69) is 10.5 Å². The van der Waals surface area contributed by atoms with Crippen LogP contribution in [0.4, 0.5) is 18.9 Å². The van der Waals surface area contributed by atoms with E-state index in [0.29, 0.717) is 22.8 Å². The first kappa shape index (κ1) is 19.5. The molecule has 0 unspecified atom stereocenters. The number of nitrogens with zero attached hydrogens (tertiary/aromatic N) is 1. The Morgan fingerprint density at radius 1 is 1.14 bits per heavy atom. The third kappa shape index (κ3) is 4.19. The van der Waals surface area contributed by atoms with Gasteiger partial charge in [-0.3, -0.25) is 4.79 Å². The molecule has 0 spiro atoms. The van der Waals surface area contributed by atoms with Crippen LogP contribution < -0.4 is 14.8 Å². The number of hydrogen-bond acceptors (Lipinski definition) is 5. The number of nitrogens with one attached hydrogen (secondary N) is 1. The molecule has 0 bridgehead atoms. The van der Waals surface area contributed by atoms with Crippen LogP contribution >= 0.6 is 0 Å². The molecule has 2 aromatic carbocycles. The van der Waals surface area contributed by atoms with Crippen molar-refractivity contribution >= 4 is 17.3 Å². The first-order valence-electron chi connectivity index (χ1n) is 8.25. The number of anilines is 1. The Morgan fingerprint density at radius 3 is 2.57 bits per heavy atom. The molecule has 0 aromatic heterocycles. The van der Waals surface area contributed by atoms with Crippen LogP contribution in [-0.2, 0) is 15.8 Å². The Bertz CT molecular complexity index is 912. The average molecular weight is 394 g/mol. The molecule has 28 heavy (non-hydrogen) atoms. The Kier molecular flexibility index (Phi) is 5.43.